The Morgan fingerprint density at radius 2 is 1.21 bits per heavy atom. The third-order valence-corrected chi connectivity index (χ3v) is 5.22. The lowest BCUT2D eigenvalue weighted by Gasteiger charge is -2.19. The fourth-order valence-corrected chi connectivity index (χ4v) is 3.62. The molecule has 0 aliphatic carbocycles. The van der Waals surface area contributed by atoms with Gasteiger partial charge in [-0.1, -0.05) is 72.8 Å². The van der Waals surface area contributed by atoms with Gasteiger partial charge in [0.25, 0.3) is 5.91 Å². The second kappa shape index (κ2) is 9.83. The summed E-state index contributed by atoms with van der Waals surface area (Å²) >= 11 is 0. The summed E-state index contributed by atoms with van der Waals surface area (Å²) < 4.78 is 0. The third kappa shape index (κ3) is 5.00. The summed E-state index contributed by atoms with van der Waals surface area (Å²) in [6.07, 6.45) is 0.328. The molecule has 0 bridgehead atoms. The Balaban J connectivity index is 1.81. The summed E-state index contributed by atoms with van der Waals surface area (Å²) in [5.41, 5.74) is 3.57. The Morgan fingerprint density at radius 3 is 1.66 bits per heavy atom. The number of Topliss-reactive ketones (excluding diaryl/α,β-unsaturated/α-hetero) is 1. The second-order valence-electron chi connectivity index (χ2n) is 7.07. The Hall–Kier alpha value is -3.20. The molecule has 0 aliphatic heterocycles. The molecule has 0 spiro atoms. The topological polar surface area (TPSA) is 37.4 Å². The molecule has 0 aromatic heterocycles. The van der Waals surface area contributed by atoms with Crippen LogP contribution in [0.1, 0.15) is 46.8 Å². The van der Waals surface area contributed by atoms with E-state index in [0.717, 1.165) is 16.7 Å². The number of carbonyl (C=O) groups is 2. The van der Waals surface area contributed by atoms with E-state index in [2.05, 4.69) is 0 Å². The Kier molecular flexibility index (Phi) is 6.96. The van der Waals surface area contributed by atoms with Crippen molar-refractivity contribution in [3.63, 3.8) is 0 Å². The largest absolute Gasteiger partial charge is 0.339 e. The van der Waals surface area contributed by atoms with Crippen LogP contribution in [-0.4, -0.2) is 29.7 Å². The quantitative estimate of drug-likeness (QED) is 0.540. The number of nitrogens with zero attached hydrogens (tertiary/aromatic N) is 1. The molecule has 3 nitrogen and oxygen atoms in total. The maximum absolute atomic E-state index is 13.3. The van der Waals surface area contributed by atoms with Crippen molar-refractivity contribution < 1.29 is 9.59 Å². The van der Waals surface area contributed by atoms with Crippen molar-refractivity contribution in [1.29, 1.82) is 0 Å². The van der Waals surface area contributed by atoms with Gasteiger partial charge in [0, 0.05) is 25.1 Å². The van der Waals surface area contributed by atoms with Crippen LogP contribution < -0.4 is 0 Å². The van der Waals surface area contributed by atoms with Crippen LogP contribution in [0.15, 0.2) is 84.9 Å². The molecule has 0 unspecified atom stereocenters. The summed E-state index contributed by atoms with van der Waals surface area (Å²) in [5.74, 6) is -0.126. The van der Waals surface area contributed by atoms with E-state index in [1.54, 1.807) is 4.90 Å². The minimum Gasteiger partial charge on any atom is -0.339 e. The molecule has 3 heteroatoms. The maximum atomic E-state index is 13.3. The van der Waals surface area contributed by atoms with Gasteiger partial charge in [0.2, 0.25) is 0 Å². The highest BCUT2D eigenvalue weighted by molar-refractivity contribution is 5.94. The number of hydrogen-bond donors (Lipinski definition) is 0. The molecule has 0 fully saturated rings. The van der Waals surface area contributed by atoms with Crippen molar-refractivity contribution in [2.75, 3.05) is 13.1 Å². The first-order valence-electron chi connectivity index (χ1n) is 10.1. The highest BCUT2D eigenvalue weighted by atomic mass is 16.2. The van der Waals surface area contributed by atoms with Crippen LogP contribution in [-0.2, 0) is 11.2 Å². The molecule has 0 aliphatic rings. The number of ketones is 1. The molecule has 148 valence electrons. The smallest absolute Gasteiger partial charge is 0.253 e. The van der Waals surface area contributed by atoms with Gasteiger partial charge in [0.1, 0.15) is 5.78 Å². The molecule has 0 radical (unpaired) electrons. The fourth-order valence-electron chi connectivity index (χ4n) is 3.62. The molecule has 0 heterocycles. The fraction of sp³-hybridized carbons (Fsp3) is 0.231. The summed E-state index contributed by atoms with van der Waals surface area (Å²) in [5, 5.41) is 0. The van der Waals surface area contributed by atoms with Crippen molar-refractivity contribution in [3.8, 4) is 0 Å². The predicted molar refractivity (Wildman–Crippen MR) is 117 cm³/mol. The number of carbonyl (C=O) groups excluding carboxylic acids is 2. The van der Waals surface area contributed by atoms with Crippen LogP contribution in [0.2, 0.25) is 0 Å². The number of hydrogen-bond acceptors (Lipinski definition) is 2. The molecule has 0 atom stereocenters. The zero-order chi connectivity index (χ0) is 20.6. The minimum absolute atomic E-state index is 0.0272. The first kappa shape index (κ1) is 20.5. The van der Waals surface area contributed by atoms with E-state index in [4.69, 9.17) is 0 Å². The zero-order valence-electron chi connectivity index (χ0n) is 17.0. The van der Waals surface area contributed by atoms with Gasteiger partial charge in [0.15, 0.2) is 0 Å². The lowest BCUT2D eigenvalue weighted by atomic mass is 9.85. The zero-order valence-corrected chi connectivity index (χ0v) is 17.0. The standard InChI is InChI=1S/C26H27NO2/c1-3-27(4-2)26(29)23-17-15-20(16-18-23)19-24(28)25(21-11-7-5-8-12-21)22-13-9-6-10-14-22/h5-18,25H,3-4,19H2,1-2H3. The van der Waals surface area contributed by atoms with Gasteiger partial charge in [-0.25, -0.2) is 0 Å². The molecule has 1 amide bonds. The van der Waals surface area contributed by atoms with Crippen molar-refractivity contribution in [2.24, 2.45) is 0 Å². The van der Waals surface area contributed by atoms with Gasteiger partial charge < -0.3 is 4.90 Å². The van der Waals surface area contributed by atoms with Crippen LogP contribution in [0.25, 0.3) is 0 Å². The normalized spacial score (nSPS) is 10.7. The van der Waals surface area contributed by atoms with E-state index >= 15 is 0 Å². The third-order valence-electron chi connectivity index (χ3n) is 5.22. The summed E-state index contributed by atoms with van der Waals surface area (Å²) in [7, 11) is 0. The maximum Gasteiger partial charge on any atom is 0.253 e. The Bertz CT molecular complexity index is 890. The van der Waals surface area contributed by atoms with E-state index < -0.39 is 0 Å². The minimum atomic E-state index is -0.297. The van der Waals surface area contributed by atoms with Crippen LogP contribution in [0.3, 0.4) is 0 Å². The van der Waals surface area contributed by atoms with Crippen LogP contribution in [0.4, 0.5) is 0 Å². The molecular formula is C26H27NO2. The van der Waals surface area contributed by atoms with E-state index in [-0.39, 0.29) is 17.6 Å². The summed E-state index contributed by atoms with van der Waals surface area (Å²) in [4.78, 5) is 27.5. The van der Waals surface area contributed by atoms with E-state index in [0.29, 0.717) is 25.1 Å². The number of amides is 1. The van der Waals surface area contributed by atoms with Crippen molar-refractivity contribution in [2.45, 2.75) is 26.2 Å². The SMILES string of the molecule is CCN(CC)C(=O)c1ccc(CC(=O)C(c2ccccc2)c2ccccc2)cc1. The first-order valence-corrected chi connectivity index (χ1v) is 10.1. The predicted octanol–water partition coefficient (Wildman–Crippen LogP) is 5.11. The van der Waals surface area contributed by atoms with Gasteiger partial charge in [-0.05, 0) is 42.7 Å². The van der Waals surface area contributed by atoms with Crippen LogP contribution in [0.5, 0.6) is 0 Å². The lowest BCUT2D eigenvalue weighted by Crippen LogP contribution is -2.30. The molecular weight excluding hydrogens is 358 g/mol. The van der Waals surface area contributed by atoms with Crippen molar-refractivity contribution >= 4 is 11.7 Å². The highest BCUT2D eigenvalue weighted by Gasteiger charge is 2.22. The summed E-state index contributed by atoms with van der Waals surface area (Å²) in [6.45, 7) is 5.32. The molecule has 0 saturated carbocycles. The number of benzene rings is 3. The van der Waals surface area contributed by atoms with Gasteiger partial charge >= 0.3 is 0 Å². The molecule has 3 rings (SSSR count). The Labute approximate surface area is 173 Å². The second-order valence-corrected chi connectivity index (χ2v) is 7.07. The molecule has 29 heavy (non-hydrogen) atoms. The van der Waals surface area contributed by atoms with Gasteiger partial charge in [-0.3, -0.25) is 9.59 Å². The van der Waals surface area contributed by atoms with E-state index in [1.165, 1.54) is 0 Å². The van der Waals surface area contributed by atoms with Crippen molar-refractivity contribution in [1.82, 2.24) is 4.90 Å². The monoisotopic (exact) mass is 385 g/mol. The number of rotatable bonds is 8. The van der Waals surface area contributed by atoms with Crippen LogP contribution in [0, 0.1) is 0 Å². The molecule has 3 aromatic rings. The van der Waals surface area contributed by atoms with Gasteiger partial charge in [0.05, 0.1) is 5.92 Å². The average molecular weight is 386 g/mol. The van der Waals surface area contributed by atoms with Crippen LogP contribution >= 0.6 is 0 Å². The highest BCUT2D eigenvalue weighted by Crippen LogP contribution is 2.27. The molecule has 3 aromatic carbocycles. The summed E-state index contributed by atoms with van der Waals surface area (Å²) in [6, 6.07) is 27.2. The van der Waals surface area contributed by atoms with Gasteiger partial charge in [-0.2, -0.15) is 0 Å². The van der Waals surface area contributed by atoms with Gasteiger partial charge in [-0.15, -0.1) is 0 Å². The lowest BCUT2D eigenvalue weighted by molar-refractivity contribution is -0.119. The van der Waals surface area contributed by atoms with E-state index in [9.17, 15) is 9.59 Å². The first-order chi connectivity index (χ1) is 14.1. The molecule has 0 N–H and O–H groups in total. The average Bonchev–Trinajstić information content (AvgIpc) is 2.77. The molecule has 0 saturated heterocycles. The Morgan fingerprint density at radius 1 is 0.724 bits per heavy atom. The van der Waals surface area contributed by atoms with Crippen molar-refractivity contribution in [3.05, 3.63) is 107 Å². The van der Waals surface area contributed by atoms with E-state index in [1.807, 2.05) is 98.8 Å².